The van der Waals surface area contributed by atoms with Crippen molar-refractivity contribution in [3.8, 4) is 0 Å². The lowest BCUT2D eigenvalue weighted by atomic mass is 9.93. The standard InChI is InChI=1S/C13H12Cl2N2O/c14-11-2-1-9(7-12(11)15)10(3-6-18)8-13-16-4-5-17-13/h1-2,4-7,10H,3,8H2,(H,16,17). The molecule has 1 aromatic heterocycles. The number of aromatic amines is 1. The van der Waals surface area contributed by atoms with Gasteiger partial charge in [0.1, 0.15) is 12.1 Å². The zero-order valence-electron chi connectivity index (χ0n) is 9.57. The normalized spacial score (nSPS) is 12.3. The molecule has 0 spiro atoms. The average Bonchev–Trinajstić information content (AvgIpc) is 2.85. The Morgan fingerprint density at radius 3 is 2.78 bits per heavy atom. The Kier molecular flexibility index (Phi) is 4.39. The molecule has 0 aliphatic rings. The van der Waals surface area contributed by atoms with E-state index in [1.807, 2.05) is 6.07 Å². The number of nitrogens with one attached hydrogen (secondary N) is 1. The Morgan fingerprint density at radius 2 is 2.17 bits per heavy atom. The van der Waals surface area contributed by atoms with Crippen LogP contribution >= 0.6 is 23.2 Å². The molecule has 94 valence electrons. The molecule has 0 amide bonds. The molecule has 0 bridgehead atoms. The van der Waals surface area contributed by atoms with Gasteiger partial charge in [0.2, 0.25) is 0 Å². The Hall–Kier alpha value is -1.32. The van der Waals surface area contributed by atoms with Crippen molar-refractivity contribution < 1.29 is 4.79 Å². The number of nitrogens with zero attached hydrogens (tertiary/aromatic N) is 1. The van der Waals surface area contributed by atoms with Gasteiger partial charge in [-0.15, -0.1) is 0 Å². The Bertz CT molecular complexity index is 526. The minimum Gasteiger partial charge on any atom is -0.349 e. The molecule has 0 fully saturated rings. The van der Waals surface area contributed by atoms with Crippen LogP contribution in [0, 0.1) is 0 Å². The van der Waals surface area contributed by atoms with Gasteiger partial charge in [0.05, 0.1) is 10.0 Å². The lowest BCUT2D eigenvalue weighted by Crippen LogP contribution is -2.05. The van der Waals surface area contributed by atoms with Gasteiger partial charge in [-0.1, -0.05) is 29.3 Å². The highest BCUT2D eigenvalue weighted by atomic mass is 35.5. The summed E-state index contributed by atoms with van der Waals surface area (Å²) in [6, 6.07) is 5.45. The molecular formula is C13H12Cl2N2O. The van der Waals surface area contributed by atoms with E-state index in [4.69, 9.17) is 23.2 Å². The number of aromatic nitrogens is 2. The van der Waals surface area contributed by atoms with Gasteiger partial charge >= 0.3 is 0 Å². The predicted molar refractivity (Wildman–Crippen MR) is 72.2 cm³/mol. The van der Waals surface area contributed by atoms with E-state index in [0.29, 0.717) is 22.9 Å². The highest BCUT2D eigenvalue weighted by Crippen LogP contribution is 2.29. The van der Waals surface area contributed by atoms with Crippen molar-refractivity contribution >= 4 is 29.5 Å². The van der Waals surface area contributed by atoms with E-state index in [1.54, 1.807) is 24.5 Å². The third kappa shape index (κ3) is 3.12. The maximum absolute atomic E-state index is 10.8. The van der Waals surface area contributed by atoms with Gasteiger partial charge in [-0.3, -0.25) is 0 Å². The fourth-order valence-corrected chi connectivity index (χ4v) is 2.17. The summed E-state index contributed by atoms with van der Waals surface area (Å²) in [5.74, 6) is 0.913. The van der Waals surface area contributed by atoms with E-state index in [0.717, 1.165) is 17.7 Å². The summed E-state index contributed by atoms with van der Waals surface area (Å²) in [7, 11) is 0. The third-order valence-electron chi connectivity index (χ3n) is 2.79. The first kappa shape index (κ1) is 13.1. The first-order valence-corrected chi connectivity index (χ1v) is 6.33. The number of imidazole rings is 1. The molecule has 3 nitrogen and oxygen atoms in total. The van der Waals surface area contributed by atoms with E-state index in [1.165, 1.54) is 0 Å². The van der Waals surface area contributed by atoms with Crippen molar-refractivity contribution in [3.63, 3.8) is 0 Å². The Labute approximate surface area is 115 Å². The molecule has 1 atom stereocenters. The van der Waals surface area contributed by atoms with Crippen molar-refractivity contribution in [3.05, 3.63) is 52.0 Å². The van der Waals surface area contributed by atoms with E-state index < -0.39 is 0 Å². The summed E-state index contributed by atoms with van der Waals surface area (Å²) in [4.78, 5) is 18.0. The van der Waals surface area contributed by atoms with Gasteiger partial charge < -0.3 is 9.78 Å². The minimum atomic E-state index is 0.0587. The summed E-state index contributed by atoms with van der Waals surface area (Å²) in [6.07, 6.45) is 5.47. The lowest BCUT2D eigenvalue weighted by Gasteiger charge is -2.14. The Balaban J connectivity index is 2.23. The number of halogens is 2. The Morgan fingerprint density at radius 1 is 1.33 bits per heavy atom. The number of carbonyl (C=O) groups excluding carboxylic acids is 1. The van der Waals surface area contributed by atoms with Gasteiger partial charge in [0, 0.05) is 25.2 Å². The lowest BCUT2D eigenvalue weighted by molar-refractivity contribution is -0.108. The van der Waals surface area contributed by atoms with Crippen molar-refractivity contribution in [2.45, 2.75) is 18.8 Å². The molecule has 0 saturated heterocycles. The predicted octanol–water partition coefficient (Wildman–Crippen LogP) is 3.63. The van der Waals surface area contributed by atoms with Crippen LogP contribution in [0.1, 0.15) is 23.7 Å². The molecular weight excluding hydrogens is 271 g/mol. The summed E-state index contributed by atoms with van der Waals surface area (Å²) in [5.41, 5.74) is 0.993. The maximum atomic E-state index is 10.8. The second kappa shape index (κ2) is 6.03. The van der Waals surface area contributed by atoms with E-state index in [9.17, 15) is 4.79 Å². The third-order valence-corrected chi connectivity index (χ3v) is 3.53. The number of hydrogen-bond acceptors (Lipinski definition) is 2. The van der Waals surface area contributed by atoms with Crippen LogP contribution in [0.2, 0.25) is 10.0 Å². The maximum Gasteiger partial charge on any atom is 0.120 e. The van der Waals surface area contributed by atoms with Crippen LogP contribution in [-0.4, -0.2) is 16.3 Å². The summed E-state index contributed by atoms with van der Waals surface area (Å²) in [6.45, 7) is 0. The van der Waals surface area contributed by atoms with Crippen LogP contribution in [0.25, 0.3) is 0 Å². The van der Waals surface area contributed by atoms with E-state index >= 15 is 0 Å². The largest absolute Gasteiger partial charge is 0.349 e. The average molecular weight is 283 g/mol. The molecule has 1 unspecified atom stereocenters. The SMILES string of the molecule is O=CCC(Cc1ncc[nH]1)c1ccc(Cl)c(Cl)c1. The molecule has 0 aliphatic heterocycles. The summed E-state index contributed by atoms with van der Waals surface area (Å²) in [5, 5.41) is 1.02. The van der Waals surface area contributed by atoms with Crippen molar-refractivity contribution in [2.24, 2.45) is 0 Å². The molecule has 5 heteroatoms. The highest BCUT2D eigenvalue weighted by molar-refractivity contribution is 6.42. The molecule has 2 rings (SSSR count). The summed E-state index contributed by atoms with van der Waals surface area (Å²) >= 11 is 11.9. The second-order valence-corrected chi connectivity index (χ2v) is 4.83. The van der Waals surface area contributed by atoms with Crippen LogP contribution in [0.4, 0.5) is 0 Å². The number of aldehydes is 1. The van der Waals surface area contributed by atoms with Gasteiger partial charge in [-0.05, 0) is 23.6 Å². The van der Waals surface area contributed by atoms with Gasteiger partial charge in [0.15, 0.2) is 0 Å². The van der Waals surface area contributed by atoms with Crippen molar-refractivity contribution in [1.29, 1.82) is 0 Å². The van der Waals surface area contributed by atoms with Crippen LogP contribution in [0.15, 0.2) is 30.6 Å². The zero-order chi connectivity index (χ0) is 13.0. The van der Waals surface area contributed by atoms with E-state index in [2.05, 4.69) is 9.97 Å². The smallest absolute Gasteiger partial charge is 0.120 e. The van der Waals surface area contributed by atoms with E-state index in [-0.39, 0.29) is 5.92 Å². The number of H-pyrrole nitrogens is 1. The molecule has 18 heavy (non-hydrogen) atoms. The monoisotopic (exact) mass is 282 g/mol. The van der Waals surface area contributed by atoms with Crippen LogP contribution in [0.5, 0.6) is 0 Å². The van der Waals surface area contributed by atoms with Gasteiger partial charge in [-0.25, -0.2) is 4.98 Å². The quantitative estimate of drug-likeness (QED) is 0.852. The molecule has 1 heterocycles. The molecule has 0 radical (unpaired) electrons. The van der Waals surface area contributed by atoms with Gasteiger partial charge in [-0.2, -0.15) is 0 Å². The molecule has 0 saturated carbocycles. The first-order valence-electron chi connectivity index (χ1n) is 5.57. The number of benzene rings is 1. The van der Waals surface area contributed by atoms with Crippen LogP contribution < -0.4 is 0 Å². The van der Waals surface area contributed by atoms with Crippen LogP contribution in [0.3, 0.4) is 0 Å². The van der Waals surface area contributed by atoms with Crippen LogP contribution in [-0.2, 0) is 11.2 Å². The summed E-state index contributed by atoms with van der Waals surface area (Å²) < 4.78 is 0. The topological polar surface area (TPSA) is 45.8 Å². The molecule has 2 aromatic rings. The minimum absolute atomic E-state index is 0.0587. The molecule has 1 N–H and O–H groups in total. The second-order valence-electron chi connectivity index (χ2n) is 4.01. The molecule has 0 aliphatic carbocycles. The fourth-order valence-electron chi connectivity index (χ4n) is 1.86. The number of carbonyl (C=O) groups is 1. The first-order chi connectivity index (χ1) is 8.70. The highest BCUT2D eigenvalue weighted by Gasteiger charge is 2.14. The molecule has 1 aromatic carbocycles. The zero-order valence-corrected chi connectivity index (χ0v) is 11.1. The number of hydrogen-bond donors (Lipinski definition) is 1. The van der Waals surface area contributed by atoms with Gasteiger partial charge in [0.25, 0.3) is 0 Å². The van der Waals surface area contributed by atoms with Crippen molar-refractivity contribution in [1.82, 2.24) is 9.97 Å². The van der Waals surface area contributed by atoms with Crippen molar-refractivity contribution in [2.75, 3.05) is 0 Å². The fraction of sp³-hybridized carbons (Fsp3) is 0.231. The number of rotatable bonds is 5.